The van der Waals surface area contributed by atoms with Gasteiger partial charge in [0.15, 0.2) is 0 Å². The maximum absolute atomic E-state index is 14.6. The first-order valence-corrected chi connectivity index (χ1v) is 16.2. The fourth-order valence-corrected chi connectivity index (χ4v) is 7.32. The van der Waals surface area contributed by atoms with Gasteiger partial charge in [-0.15, -0.1) is 0 Å². The van der Waals surface area contributed by atoms with Crippen LogP contribution in [0.5, 0.6) is 6.01 Å². The molecule has 4 aliphatic rings. The summed E-state index contributed by atoms with van der Waals surface area (Å²) in [4.78, 5) is 31.2. The van der Waals surface area contributed by atoms with Gasteiger partial charge < -0.3 is 29.1 Å². The lowest BCUT2D eigenvalue weighted by Crippen LogP contribution is -2.54. The van der Waals surface area contributed by atoms with E-state index in [0.717, 1.165) is 34.7 Å². The summed E-state index contributed by atoms with van der Waals surface area (Å²) in [6.07, 6.45) is 4.58. The van der Waals surface area contributed by atoms with Crippen molar-refractivity contribution in [2.75, 3.05) is 69.4 Å². The van der Waals surface area contributed by atoms with E-state index in [1.807, 2.05) is 23.1 Å². The Morgan fingerprint density at radius 1 is 1.22 bits per heavy atom. The smallest absolute Gasteiger partial charge is 0.318 e. The number of hydrogen-bond acceptors (Lipinski definition) is 8. The van der Waals surface area contributed by atoms with Crippen LogP contribution >= 0.6 is 11.6 Å². The number of rotatable bonds is 9. The standard InChI is InChI=1S/C34H40ClFN6O3/c1-4-29(43)41-14-15-42(22(2)16-41)32-25-12-13-40(28-7-5-6-23-8-11-26(36)31(35)30(23)28)17-27(25)37-33(38-32)45-21-34(19-44-20-34)18-39(3)24-9-10-24/h4-8,11,22,24H,1,9-10,12-21H2,2-3H3/t22-/m0/s1. The summed E-state index contributed by atoms with van der Waals surface area (Å²) in [5.41, 5.74) is 2.76. The van der Waals surface area contributed by atoms with Crippen molar-refractivity contribution in [2.45, 2.75) is 44.8 Å². The summed E-state index contributed by atoms with van der Waals surface area (Å²) in [7, 11) is 2.18. The Balaban J connectivity index is 1.21. The number of hydrogen-bond donors (Lipinski definition) is 0. The maximum Gasteiger partial charge on any atom is 0.318 e. The van der Waals surface area contributed by atoms with Gasteiger partial charge in [0, 0.05) is 61.4 Å². The highest BCUT2D eigenvalue weighted by atomic mass is 35.5. The average molecular weight is 635 g/mol. The van der Waals surface area contributed by atoms with E-state index in [-0.39, 0.29) is 22.4 Å². The first kappa shape index (κ1) is 30.2. The zero-order valence-electron chi connectivity index (χ0n) is 26.0. The molecule has 4 heterocycles. The lowest BCUT2D eigenvalue weighted by atomic mass is 9.86. The molecule has 3 fully saturated rings. The number of carbonyl (C=O) groups is 1. The van der Waals surface area contributed by atoms with Gasteiger partial charge in [-0.2, -0.15) is 9.97 Å². The van der Waals surface area contributed by atoms with Crippen LogP contribution < -0.4 is 14.5 Å². The molecule has 7 rings (SSSR count). The summed E-state index contributed by atoms with van der Waals surface area (Å²) >= 11 is 6.52. The van der Waals surface area contributed by atoms with Crippen LogP contribution in [0.2, 0.25) is 5.02 Å². The van der Waals surface area contributed by atoms with Crippen molar-refractivity contribution in [2.24, 2.45) is 5.41 Å². The molecule has 0 N–H and O–H groups in total. The fourth-order valence-electron chi connectivity index (χ4n) is 7.05. The molecule has 2 aromatic carbocycles. The van der Waals surface area contributed by atoms with Gasteiger partial charge in [0.25, 0.3) is 0 Å². The SMILES string of the molecule is C=CC(=O)N1CCN(c2nc(OCC3(CN(C)C4CC4)COC3)nc3c2CCN(c2cccc4ccc(F)c(Cl)c24)C3)[C@@H](C)C1. The molecule has 0 bridgehead atoms. The molecule has 1 amide bonds. The minimum absolute atomic E-state index is 0.0472. The molecule has 1 atom stereocenters. The van der Waals surface area contributed by atoms with Gasteiger partial charge in [-0.05, 0) is 56.8 Å². The van der Waals surface area contributed by atoms with Crippen LogP contribution in [0.25, 0.3) is 10.8 Å². The van der Waals surface area contributed by atoms with E-state index in [1.165, 1.54) is 25.0 Å². The lowest BCUT2D eigenvalue weighted by Gasteiger charge is -2.43. The zero-order chi connectivity index (χ0) is 31.3. The Bertz CT molecular complexity index is 1630. The third kappa shape index (κ3) is 5.84. The molecule has 3 aromatic rings. The van der Waals surface area contributed by atoms with Crippen molar-refractivity contribution in [3.8, 4) is 6.01 Å². The number of anilines is 2. The molecule has 238 valence electrons. The fraction of sp³-hybridized carbons (Fsp3) is 0.500. The van der Waals surface area contributed by atoms with Crippen molar-refractivity contribution in [1.29, 1.82) is 0 Å². The summed E-state index contributed by atoms with van der Waals surface area (Å²) < 4.78 is 26.7. The number of ether oxygens (including phenoxy) is 2. The Morgan fingerprint density at radius 2 is 2.04 bits per heavy atom. The third-order valence-electron chi connectivity index (χ3n) is 9.74. The van der Waals surface area contributed by atoms with Gasteiger partial charge in [-0.3, -0.25) is 4.79 Å². The Kier molecular flexibility index (Phi) is 8.08. The second kappa shape index (κ2) is 12.0. The number of amides is 1. The van der Waals surface area contributed by atoms with Crippen LogP contribution in [0.1, 0.15) is 31.0 Å². The van der Waals surface area contributed by atoms with Crippen molar-refractivity contribution in [3.05, 3.63) is 65.1 Å². The average Bonchev–Trinajstić information content (AvgIpc) is 3.89. The monoisotopic (exact) mass is 634 g/mol. The quantitative estimate of drug-likeness (QED) is 0.314. The molecule has 0 radical (unpaired) electrons. The zero-order valence-corrected chi connectivity index (χ0v) is 26.7. The molecule has 11 heteroatoms. The second-order valence-corrected chi connectivity index (χ2v) is 13.5. The van der Waals surface area contributed by atoms with E-state index in [9.17, 15) is 9.18 Å². The van der Waals surface area contributed by atoms with E-state index >= 15 is 0 Å². The van der Waals surface area contributed by atoms with Crippen molar-refractivity contribution in [3.63, 3.8) is 0 Å². The molecule has 0 unspecified atom stereocenters. The minimum Gasteiger partial charge on any atom is -0.463 e. The normalized spacial score (nSPS) is 21.1. The highest BCUT2D eigenvalue weighted by Gasteiger charge is 2.43. The van der Waals surface area contributed by atoms with Crippen LogP contribution in [0.3, 0.4) is 0 Å². The largest absolute Gasteiger partial charge is 0.463 e. The van der Waals surface area contributed by atoms with Crippen molar-refractivity contribution in [1.82, 2.24) is 19.8 Å². The first-order valence-electron chi connectivity index (χ1n) is 15.9. The number of carbonyl (C=O) groups excluding carboxylic acids is 1. The second-order valence-electron chi connectivity index (χ2n) is 13.1. The summed E-state index contributed by atoms with van der Waals surface area (Å²) in [6, 6.07) is 10.2. The molecule has 2 saturated heterocycles. The number of nitrogens with zero attached hydrogens (tertiary/aromatic N) is 6. The molecule has 9 nitrogen and oxygen atoms in total. The molecular formula is C34H40ClFN6O3. The lowest BCUT2D eigenvalue weighted by molar-refractivity contribution is -0.143. The minimum atomic E-state index is -0.432. The summed E-state index contributed by atoms with van der Waals surface area (Å²) in [5, 5.41) is 1.73. The van der Waals surface area contributed by atoms with Gasteiger partial charge in [0.05, 0.1) is 35.9 Å². The Morgan fingerprint density at radius 3 is 2.76 bits per heavy atom. The van der Waals surface area contributed by atoms with Crippen LogP contribution in [-0.2, 0) is 22.5 Å². The van der Waals surface area contributed by atoms with E-state index < -0.39 is 5.82 Å². The molecule has 1 aliphatic carbocycles. The van der Waals surface area contributed by atoms with E-state index in [1.54, 1.807) is 6.07 Å². The molecule has 0 spiro atoms. The Labute approximate surface area is 268 Å². The van der Waals surface area contributed by atoms with Crippen molar-refractivity contribution >= 4 is 39.8 Å². The van der Waals surface area contributed by atoms with Crippen LogP contribution in [0.15, 0.2) is 43.0 Å². The highest BCUT2D eigenvalue weighted by Crippen LogP contribution is 2.39. The molecular weight excluding hydrogens is 595 g/mol. The first-order chi connectivity index (χ1) is 21.7. The maximum atomic E-state index is 14.6. The summed E-state index contributed by atoms with van der Waals surface area (Å²) in [5.74, 6) is 0.378. The molecule has 1 saturated carbocycles. The van der Waals surface area contributed by atoms with Crippen molar-refractivity contribution < 1.29 is 18.7 Å². The highest BCUT2D eigenvalue weighted by molar-refractivity contribution is 6.36. The third-order valence-corrected chi connectivity index (χ3v) is 10.1. The van der Waals surface area contributed by atoms with E-state index in [4.69, 9.17) is 31.0 Å². The number of fused-ring (bicyclic) bond motifs is 2. The predicted molar refractivity (Wildman–Crippen MR) is 174 cm³/mol. The molecule has 45 heavy (non-hydrogen) atoms. The van der Waals surface area contributed by atoms with Gasteiger partial charge >= 0.3 is 6.01 Å². The molecule has 3 aliphatic heterocycles. The van der Waals surface area contributed by atoms with E-state index in [2.05, 4.69) is 35.3 Å². The number of benzene rings is 2. The van der Waals surface area contributed by atoms with Crippen LogP contribution in [-0.4, -0.2) is 97.4 Å². The number of halogens is 2. The van der Waals surface area contributed by atoms with E-state index in [0.29, 0.717) is 76.4 Å². The number of piperazine rings is 1. The van der Waals surface area contributed by atoms with Crippen LogP contribution in [0.4, 0.5) is 15.9 Å². The van der Waals surface area contributed by atoms with Gasteiger partial charge in [0.2, 0.25) is 5.91 Å². The van der Waals surface area contributed by atoms with Gasteiger partial charge in [0.1, 0.15) is 18.2 Å². The molecule has 1 aromatic heterocycles. The van der Waals surface area contributed by atoms with Gasteiger partial charge in [-0.1, -0.05) is 36.4 Å². The Hall–Kier alpha value is -3.47. The van der Waals surface area contributed by atoms with Gasteiger partial charge in [-0.25, -0.2) is 4.39 Å². The summed E-state index contributed by atoms with van der Waals surface area (Å²) in [6.45, 7) is 11.5. The predicted octanol–water partition coefficient (Wildman–Crippen LogP) is 4.70. The topological polar surface area (TPSA) is 74.3 Å². The number of aromatic nitrogens is 2. The van der Waals surface area contributed by atoms with Crippen LogP contribution in [0, 0.1) is 11.2 Å².